The number of hydrogen-bond donors (Lipinski definition) is 1. The van der Waals surface area contributed by atoms with Crippen LogP contribution < -0.4 is 4.74 Å². The molecule has 1 unspecified atom stereocenters. The quantitative estimate of drug-likeness (QED) is 0.342. The maximum atomic E-state index is 13.5. The highest BCUT2D eigenvalue weighted by Crippen LogP contribution is 2.32. The van der Waals surface area contributed by atoms with Crippen molar-refractivity contribution in [1.29, 1.82) is 0 Å². The zero-order valence-electron chi connectivity index (χ0n) is 21.4. The first kappa shape index (κ1) is 26.9. The summed E-state index contributed by atoms with van der Waals surface area (Å²) in [4.78, 5) is 2.20. The topological polar surface area (TPSA) is 59.8 Å². The number of aromatic nitrogens is 2. The van der Waals surface area contributed by atoms with Crippen molar-refractivity contribution in [3.8, 4) is 17.3 Å². The van der Waals surface area contributed by atoms with Crippen LogP contribution in [-0.2, 0) is 17.7 Å². The molecular weight excluding hydrogens is 445 g/mol. The van der Waals surface area contributed by atoms with Gasteiger partial charge >= 0.3 is 0 Å². The minimum Gasteiger partial charge on any atom is -0.439 e. The van der Waals surface area contributed by atoms with Crippen LogP contribution in [0.1, 0.15) is 45.9 Å². The molecule has 0 aliphatic heterocycles. The Morgan fingerprint density at radius 2 is 1.69 bits per heavy atom. The van der Waals surface area contributed by atoms with E-state index in [1.54, 1.807) is 16.8 Å². The summed E-state index contributed by atoms with van der Waals surface area (Å²) in [6.45, 7) is 12.4. The fourth-order valence-corrected chi connectivity index (χ4v) is 3.81. The lowest BCUT2D eigenvalue weighted by atomic mass is 10.1. The Kier molecular flexibility index (Phi) is 9.83. The lowest BCUT2D eigenvalue weighted by molar-refractivity contribution is 0.00160. The lowest BCUT2D eigenvalue weighted by Gasteiger charge is -2.29. The van der Waals surface area contributed by atoms with Crippen LogP contribution in [0.3, 0.4) is 0 Å². The van der Waals surface area contributed by atoms with Gasteiger partial charge < -0.3 is 14.6 Å². The molecule has 2 aromatic carbocycles. The number of aliphatic hydroxyl groups excluding tert-OH is 1. The van der Waals surface area contributed by atoms with Gasteiger partial charge in [0.1, 0.15) is 11.6 Å². The second-order valence-corrected chi connectivity index (χ2v) is 9.50. The minimum absolute atomic E-state index is 0.179. The van der Waals surface area contributed by atoms with E-state index in [1.807, 2.05) is 30.3 Å². The molecule has 1 atom stereocenters. The Bertz CT molecular complexity index is 1040. The van der Waals surface area contributed by atoms with Crippen molar-refractivity contribution in [3.63, 3.8) is 0 Å². The third kappa shape index (κ3) is 7.62. The van der Waals surface area contributed by atoms with Gasteiger partial charge in [-0.3, -0.25) is 4.90 Å². The summed E-state index contributed by atoms with van der Waals surface area (Å²) in [6, 6.07) is 16.0. The number of para-hydroxylation sites is 1. The van der Waals surface area contributed by atoms with Crippen LogP contribution >= 0.6 is 0 Å². The summed E-state index contributed by atoms with van der Waals surface area (Å²) in [5.41, 5.74) is 2.75. The van der Waals surface area contributed by atoms with Crippen LogP contribution in [0.2, 0.25) is 0 Å². The molecule has 7 heteroatoms. The van der Waals surface area contributed by atoms with E-state index >= 15 is 0 Å². The predicted octanol–water partition coefficient (Wildman–Crippen LogP) is 5.61. The lowest BCUT2D eigenvalue weighted by Crippen LogP contribution is -2.39. The molecule has 35 heavy (non-hydrogen) atoms. The van der Waals surface area contributed by atoms with Gasteiger partial charge in [0.2, 0.25) is 5.88 Å². The van der Waals surface area contributed by atoms with Gasteiger partial charge in [-0.1, -0.05) is 39.0 Å². The summed E-state index contributed by atoms with van der Waals surface area (Å²) < 4.78 is 27.3. The molecule has 190 valence electrons. The van der Waals surface area contributed by atoms with Gasteiger partial charge in [0.15, 0.2) is 0 Å². The maximum absolute atomic E-state index is 13.5. The predicted molar refractivity (Wildman–Crippen MR) is 137 cm³/mol. The van der Waals surface area contributed by atoms with Gasteiger partial charge in [-0.05, 0) is 62.6 Å². The second-order valence-electron chi connectivity index (χ2n) is 9.50. The molecule has 0 aliphatic rings. The fraction of sp³-hybridized carbons (Fsp3) is 0.464. The first-order valence-electron chi connectivity index (χ1n) is 12.4. The SMILES string of the molecule is CCc1nn(-c2ccccc2)c(Oc2ccc(F)cc2)c1CN(CC(O)COCC(C)C)C(C)C. The van der Waals surface area contributed by atoms with E-state index in [-0.39, 0.29) is 11.9 Å². The zero-order chi connectivity index (χ0) is 25.4. The Morgan fingerprint density at radius 1 is 1.00 bits per heavy atom. The van der Waals surface area contributed by atoms with Gasteiger partial charge in [0.05, 0.1) is 29.7 Å². The molecule has 1 aromatic heterocycles. The molecule has 3 aromatic rings. The summed E-state index contributed by atoms with van der Waals surface area (Å²) >= 11 is 0. The highest BCUT2D eigenvalue weighted by atomic mass is 19.1. The van der Waals surface area contributed by atoms with Crippen LogP contribution in [0.5, 0.6) is 11.6 Å². The van der Waals surface area contributed by atoms with E-state index in [1.165, 1.54) is 12.1 Å². The van der Waals surface area contributed by atoms with E-state index in [2.05, 4.69) is 39.5 Å². The van der Waals surface area contributed by atoms with Gasteiger partial charge in [0.25, 0.3) is 0 Å². The summed E-state index contributed by atoms with van der Waals surface area (Å²) in [6.07, 6.45) is 0.118. The summed E-state index contributed by atoms with van der Waals surface area (Å²) in [5, 5.41) is 15.5. The smallest absolute Gasteiger partial charge is 0.227 e. The minimum atomic E-state index is -0.605. The number of benzene rings is 2. The summed E-state index contributed by atoms with van der Waals surface area (Å²) in [7, 11) is 0. The van der Waals surface area contributed by atoms with E-state index in [0.29, 0.717) is 43.9 Å². The molecule has 1 N–H and O–H groups in total. The zero-order valence-corrected chi connectivity index (χ0v) is 21.4. The van der Waals surface area contributed by atoms with Crippen LogP contribution in [-0.4, -0.2) is 51.7 Å². The first-order valence-corrected chi connectivity index (χ1v) is 12.4. The molecule has 0 bridgehead atoms. The number of nitrogens with zero attached hydrogens (tertiary/aromatic N) is 3. The maximum Gasteiger partial charge on any atom is 0.227 e. The van der Waals surface area contributed by atoms with Gasteiger partial charge in [-0.15, -0.1) is 0 Å². The van der Waals surface area contributed by atoms with E-state index in [0.717, 1.165) is 23.4 Å². The van der Waals surface area contributed by atoms with Gasteiger partial charge in [0, 0.05) is 25.7 Å². The van der Waals surface area contributed by atoms with Crippen molar-refractivity contribution < 1.29 is 19.0 Å². The average Bonchev–Trinajstić information content (AvgIpc) is 3.17. The van der Waals surface area contributed by atoms with Crippen molar-refractivity contribution in [2.45, 2.75) is 59.7 Å². The fourth-order valence-electron chi connectivity index (χ4n) is 3.81. The van der Waals surface area contributed by atoms with Crippen molar-refractivity contribution in [2.75, 3.05) is 19.8 Å². The number of aliphatic hydroxyl groups is 1. The molecule has 3 rings (SSSR count). The average molecular weight is 484 g/mol. The van der Waals surface area contributed by atoms with Crippen molar-refractivity contribution in [1.82, 2.24) is 14.7 Å². The van der Waals surface area contributed by atoms with E-state index in [4.69, 9.17) is 14.6 Å². The largest absolute Gasteiger partial charge is 0.439 e. The molecule has 0 saturated heterocycles. The van der Waals surface area contributed by atoms with Crippen LogP contribution in [0, 0.1) is 11.7 Å². The molecule has 0 fully saturated rings. The number of hydrogen-bond acceptors (Lipinski definition) is 5. The van der Waals surface area contributed by atoms with Crippen molar-refractivity contribution in [3.05, 3.63) is 71.7 Å². The first-order chi connectivity index (χ1) is 16.8. The molecule has 1 heterocycles. The van der Waals surface area contributed by atoms with Crippen molar-refractivity contribution >= 4 is 0 Å². The second kappa shape index (κ2) is 12.8. The van der Waals surface area contributed by atoms with Gasteiger partial charge in [-0.2, -0.15) is 5.10 Å². The number of rotatable bonds is 13. The third-order valence-corrected chi connectivity index (χ3v) is 5.68. The molecule has 0 radical (unpaired) electrons. The van der Waals surface area contributed by atoms with Gasteiger partial charge in [-0.25, -0.2) is 9.07 Å². The highest BCUT2D eigenvalue weighted by molar-refractivity contribution is 5.43. The Balaban J connectivity index is 1.93. The number of ether oxygens (including phenoxy) is 2. The standard InChI is InChI=1S/C28H38FN3O3/c1-6-27-26(17-31(21(4)5)16-24(33)19-34-18-20(2)3)28(35-25-14-12-22(29)13-15-25)32(30-27)23-10-8-7-9-11-23/h7-15,20-21,24,33H,6,16-19H2,1-5H3. The molecule has 0 amide bonds. The Hall–Kier alpha value is -2.74. The van der Waals surface area contributed by atoms with E-state index < -0.39 is 6.10 Å². The Labute approximate surface area is 208 Å². The highest BCUT2D eigenvalue weighted by Gasteiger charge is 2.25. The Morgan fingerprint density at radius 3 is 2.29 bits per heavy atom. The molecule has 6 nitrogen and oxygen atoms in total. The van der Waals surface area contributed by atoms with Crippen molar-refractivity contribution in [2.24, 2.45) is 5.92 Å². The number of aryl methyl sites for hydroxylation is 1. The normalized spacial score (nSPS) is 12.6. The monoisotopic (exact) mass is 483 g/mol. The molecule has 0 spiro atoms. The summed E-state index contributed by atoms with van der Waals surface area (Å²) in [5.74, 6) is 1.23. The molecule has 0 aliphatic carbocycles. The van der Waals surface area contributed by atoms with E-state index in [9.17, 15) is 9.50 Å². The third-order valence-electron chi connectivity index (χ3n) is 5.68. The van der Waals surface area contributed by atoms with Crippen LogP contribution in [0.25, 0.3) is 5.69 Å². The molecular formula is C28H38FN3O3. The van der Waals surface area contributed by atoms with Crippen LogP contribution in [0.15, 0.2) is 54.6 Å². The molecule has 0 saturated carbocycles. The van der Waals surface area contributed by atoms with Crippen LogP contribution in [0.4, 0.5) is 4.39 Å². The number of halogens is 1.